The number of hydrogen-bond donors (Lipinski definition) is 1. The number of hydrogen-bond acceptors (Lipinski definition) is 5. The van der Waals surface area contributed by atoms with Crippen LogP contribution in [0.2, 0.25) is 5.02 Å². The van der Waals surface area contributed by atoms with E-state index < -0.39 is 0 Å². The molecule has 1 N–H and O–H groups in total. The van der Waals surface area contributed by atoms with E-state index in [4.69, 9.17) is 11.6 Å². The minimum atomic E-state index is -0.157. The lowest BCUT2D eigenvalue weighted by atomic mass is 10.1. The number of nitrogens with zero attached hydrogens (tertiary/aromatic N) is 2. The van der Waals surface area contributed by atoms with E-state index in [0.29, 0.717) is 40.1 Å². The van der Waals surface area contributed by atoms with E-state index in [0.717, 1.165) is 10.6 Å². The first-order chi connectivity index (χ1) is 12.6. The number of anilines is 1. The second-order valence-electron chi connectivity index (χ2n) is 5.78. The lowest BCUT2D eigenvalue weighted by Gasteiger charge is -2.26. The molecule has 0 fully saturated rings. The van der Waals surface area contributed by atoms with Gasteiger partial charge in [0.15, 0.2) is 5.13 Å². The first kappa shape index (κ1) is 17.2. The van der Waals surface area contributed by atoms with E-state index in [1.807, 2.05) is 11.4 Å². The van der Waals surface area contributed by atoms with Gasteiger partial charge in [-0.3, -0.25) is 14.9 Å². The van der Waals surface area contributed by atoms with Crippen LogP contribution in [0.5, 0.6) is 0 Å². The van der Waals surface area contributed by atoms with Crippen LogP contribution in [-0.2, 0) is 13.0 Å². The topological polar surface area (TPSA) is 62.3 Å². The van der Waals surface area contributed by atoms with Crippen molar-refractivity contribution in [3.63, 3.8) is 0 Å². The molecule has 3 heterocycles. The van der Waals surface area contributed by atoms with Gasteiger partial charge >= 0.3 is 0 Å². The molecular weight excluding hydrogens is 390 g/mol. The third-order valence-electron chi connectivity index (χ3n) is 4.09. The number of rotatable bonds is 3. The molecule has 0 bridgehead atoms. The van der Waals surface area contributed by atoms with Gasteiger partial charge in [0, 0.05) is 17.8 Å². The predicted octanol–water partition coefficient (Wildman–Crippen LogP) is 4.31. The third kappa shape index (κ3) is 3.38. The van der Waals surface area contributed by atoms with Gasteiger partial charge in [-0.2, -0.15) is 0 Å². The van der Waals surface area contributed by atoms with Crippen molar-refractivity contribution in [3.8, 4) is 0 Å². The van der Waals surface area contributed by atoms with E-state index in [1.165, 1.54) is 22.7 Å². The molecule has 0 spiro atoms. The number of fused-ring (bicyclic) bond motifs is 1. The third-order valence-corrected chi connectivity index (χ3v) is 6.28. The summed E-state index contributed by atoms with van der Waals surface area (Å²) in [5, 5.41) is 5.73. The van der Waals surface area contributed by atoms with Gasteiger partial charge in [0.05, 0.1) is 27.7 Å². The van der Waals surface area contributed by atoms with Crippen LogP contribution in [0.25, 0.3) is 0 Å². The molecule has 2 aromatic heterocycles. The Kier molecular flexibility index (Phi) is 4.76. The normalized spacial score (nSPS) is 13.3. The van der Waals surface area contributed by atoms with Gasteiger partial charge in [0.1, 0.15) is 0 Å². The maximum atomic E-state index is 12.7. The number of amides is 2. The lowest BCUT2D eigenvalue weighted by Crippen LogP contribution is -2.35. The zero-order chi connectivity index (χ0) is 18.1. The van der Waals surface area contributed by atoms with Crippen molar-refractivity contribution in [1.29, 1.82) is 0 Å². The van der Waals surface area contributed by atoms with Crippen molar-refractivity contribution >= 4 is 51.2 Å². The lowest BCUT2D eigenvalue weighted by molar-refractivity contribution is 0.0736. The van der Waals surface area contributed by atoms with Crippen LogP contribution in [0, 0.1) is 0 Å². The maximum Gasteiger partial charge on any atom is 0.267 e. The molecule has 0 aliphatic carbocycles. The zero-order valence-electron chi connectivity index (χ0n) is 13.6. The molecule has 0 unspecified atom stereocenters. The molecule has 4 rings (SSSR count). The van der Waals surface area contributed by atoms with Crippen LogP contribution in [0.4, 0.5) is 5.13 Å². The minimum Gasteiger partial charge on any atom is -0.333 e. The van der Waals surface area contributed by atoms with Gasteiger partial charge in [0.25, 0.3) is 11.8 Å². The SMILES string of the molecule is O=C(Nc1nc2c(s1)CN(C(=O)c1ccccc1Cl)CC2)c1cccs1. The fraction of sp³-hybridized carbons (Fsp3) is 0.167. The standard InChI is InChI=1S/C18H14ClN3O2S2/c19-12-5-2-1-4-11(12)17(24)22-8-7-13-15(10-22)26-18(20-13)21-16(23)14-6-3-9-25-14/h1-6,9H,7-8,10H2,(H,20,21,23). The summed E-state index contributed by atoms with van der Waals surface area (Å²) in [4.78, 5) is 32.8. The first-order valence-corrected chi connectivity index (χ1v) is 10.1. The summed E-state index contributed by atoms with van der Waals surface area (Å²) in [7, 11) is 0. The number of benzene rings is 1. The number of halogens is 1. The van der Waals surface area contributed by atoms with Crippen molar-refractivity contribution < 1.29 is 9.59 Å². The van der Waals surface area contributed by atoms with E-state index in [-0.39, 0.29) is 11.8 Å². The Morgan fingerprint density at radius 2 is 2.04 bits per heavy atom. The Morgan fingerprint density at radius 3 is 2.81 bits per heavy atom. The van der Waals surface area contributed by atoms with Crippen LogP contribution in [0.15, 0.2) is 41.8 Å². The minimum absolute atomic E-state index is 0.0844. The molecule has 8 heteroatoms. The highest BCUT2D eigenvalue weighted by molar-refractivity contribution is 7.16. The molecule has 2 amide bonds. The van der Waals surface area contributed by atoms with E-state index >= 15 is 0 Å². The van der Waals surface area contributed by atoms with Crippen molar-refractivity contribution in [1.82, 2.24) is 9.88 Å². The Balaban J connectivity index is 1.49. The van der Waals surface area contributed by atoms with Gasteiger partial charge in [-0.1, -0.05) is 41.1 Å². The van der Waals surface area contributed by atoms with Crippen LogP contribution in [0.1, 0.15) is 30.6 Å². The predicted molar refractivity (Wildman–Crippen MR) is 104 cm³/mol. The first-order valence-electron chi connectivity index (χ1n) is 7.99. The van der Waals surface area contributed by atoms with Gasteiger partial charge < -0.3 is 4.90 Å². The summed E-state index contributed by atoms with van der Waals surface area (Å²) in [5.41, 5.74) is 1.45. The van der Waals surface area contributed by atoms with E-state index in [1.54, 1.807) is 35.2 Å². The summed E-state index contributed by atoms with van der Waals surface area (Å²) in [6.45, 7) is 1.06. The monoisotopic (exact) mass is 403 g/mol. The maximum absolute atomic E-state index is 12.7. The molecule has 0 saturated heterocycles. The molecule has 5 nitrogen and oxygen atoms in total. The fourth-order valence-corrected chi connectivity index (χ4v) is 4.65. The van der Waals surface area contributed by atoms with Gasteiger partial charge in [-0.05, 0) is 23.6 Å². The highest BCUT2D eigenvalue weighted by atomic mass is 35.5. The Labute approximate surface area is 163 Å². The average Bonchev–Trinajstić information content (AvgIpc) is 3.30. The van der Waals surface area contributed by atoms with Crippen molar-refractivity contribution in [2.45, 2.75) is 13.0 Å². The summed E-state index contributed by atoms with van der Waals surface area (Å²) < 4.78 is 0. The second kappa shape index (κ2) is 7.19. The zero-order valence-corrected chi connectivity index (χ0v) is 16.0. The Bertz CT molecular complexity index is 969. The van der Waals surface area contributed by atoms with Crippen LogP contribution >= 0.6 is 34.3 Å². The number of thiazole rings is 1. The average molecular weight is 404 g/mol. The Morgan fingerprint density at radius 1 is 1.19 bits per heavy atom. The molecule has 1 aliphatic rings. The smallest absolute Gasteiger partial charge is 0.267 e. The molecule has 0 radical (unpaired) electrons. The summed E-state index contributed by atoms with van der Waals surface area (Å²) in [5.74, 6) is -0.242. The Hall–Kier alpha value is -2.22. The van der Waals surface area contributed by atoms with Gasteiger partial charge in [-0.15, -0.1) is 11.3 Å². The van der Waals surface area contributed by atoms with Gasteiger partial charge in [0.2, 0.25) is 0 Å². The molecule has 0 atom stereocenters. The second-order valence-corrected chi connectivity index (χ2v) is 8.22. The van der Waals surface area contributed by atoms with Crippen molar-refractivity contribution in [3.05, 3.63) is 67.8 Å². The van der Waals surface area contributed by atoms with Crippen molar-refractivity contribution in [2.24, 2.45) is 0 Å². The van der Waals surface area contributed by atoms with Gasteiger partial charge in [-0.25, -0.2) is 4.98 Å². The summed E-state index contributed by atoms with van der Waals surface area (Å²) in [6.07, 6.45) is 0.664. The van der Waals surface area contributed by atoms with E-state index in [2.05, 4.69) is 10.3 Å². The number of thiophene rings is 1. The number of carbonyl (C=O) groups is 2. The molecule has 132 valence electrons. The molecule has 1 aromatic carbocycles. The molecule has 26 heavy (non-hydrogen) atoms. The summed E-state index contributed by atoms with van der Waals surface area (Å²) >= 11 is 8.95. The largest absolute Gasteiger partial charge is 0.333 e. The van der Waals surface area contributed by atoms with E-state index in [9.17, 15) is 9.59 Å². The number of carbonyl (C=O) groups excluding carboxylic acids is 2. The fourth-order valence-electron chi connectivity index (χ4n) is 2.79. The molecule has 1 aliphatic heterocycles. The van der Waals surface area contributed by atoms with Crippen molar-refractivity contribution in [2.75, 3.05) is 11.9 Å². The summed E-state index contributed by atoms with van der Waals surface area (Å²) in [6, 6.07) is 10.7. The van der Waals surface area contributed by atoms with Crippen LogP contribution in [0.3, 0.4) is 0 Å². The highest BCUT2D eigenvalue weighted by Crippen LogP contribution is 2.30. The van der Waals surface area contributed by atoms with Crippen LogP contribution in [-0.4, -0.2) is 28.2 Å². The quantitative estimate of drug-likeness (QED) is 0.708. The molecule has 0 saturated carbocycles. The molecular formula is C18H14ClN3O2S2. The highest BCUT2D eigenvalue weighted by Gasteiger charge is 2.26. The molecule has 3 aromatic rings. The number of nitrogens with one attached hydrogen (secondary N) is 1. The van der Waals surface area contributed by atoms with Crippen LogP contribution < -0.4 is 5.32 Å². The number of aromatic nitrogens is 1.